The topological polar surface area (TPSA) is 50.4 Å². The van der Waals surface area contributed by atoms with Gasteiger partial charge in [0.2, 0.25) is 0 Å². The molecule has 4 nitrogen and oxygen atoms in total. The van der Waals surface area contributed by atoms with E-state index >= 15 is 0 Å². The SMILES string of the molecule is CCCCCCCCNCCNC(=O)OC(C)(C)C. The van der Waals surface area contributed by atoms with Crippen LogP contribution >= 0.6 is 0 Å². The molecule has 0 fully saturated rings. The zero-order valence-corrected chi connectivity index (χ0v) is 13.2. The normalized spacial score (nSPS) is 11.4. The van der Waals surface area contributed by atoms with E-state index in [9.17, 15) is 4.79 Å². The third kappa shape index (κ3) is 15.2. The van der Waals surface area contributed by atoms with Crippen LogP contribution in [0.4, 0.5) is 4.79 Å². The van der Waals surface area contributed by atoms with E-state index in [2.05, 4.69) is 17.6 Å². The average Bonchev–Trinajstić information content (AvgIpc) is 2.29. The minimum atomic E-state index is -0.421. The molecule has 0 saturated carbocycles. The lowest BCUT2D eigenvalue weighted by molar-refractivity contribution is 0.0528. The lowest BCUT2D eigenvalue weighted by atomic mass is 10.1. The predicted molar refractivity (Wildman–Crippen MR) is 80.5 cm³/mol. The van der Waals surface area contributed by atoms with Crippen molar-refractivity contribution in [2.24, 2.45) is 0 Å². The predicted octanol–water partition coefficient (Wildman–Crippen LogP) is 3.46. The summed E-state index contributed by atoms with van der Waals surface area (Å²) in [5.41, 5.74) is -0.421. The smallest absolute Gasteiger partial charge is 0.407 e. The van der Waals surface area contributed by atoms with Crippen LogP contribution in [-0.2, 0) is 4.74 Å². The van der Waals surface area contributed by atoms with Gasteiger partial charge in [0, 0.05) is 13.1 Å². The second-order valence-corrected chi connectivity index (χ2v) is 5.95. The molecule has 0 aromatic heterocycles. The van der Waals surface area contributed by atoms with Crippen molar-refractivity contribution in [3.63, 3.8) is 0 Å². The molecule has 0 heterocycles. The quantitative estimate of drug-likeness (QED) is 0.599. The Hall–Kier alpha value is -0.770. The summed E-state index contributed by atoms with van der Waals surface area (Å²) in [6.45, 7) is 10.3. The maximum absolute atomic E-state index is 11.3. The van der Waals surface area contributed by atoms with Crippen molar-refractivity contribution < 1.29 is 9.53 Å². The van der Waals surface area contributed by atoms with Crippen LogP contribution in [0.3, 0.4) is 0 Å². The fourth-order valence-electron chi connectivity index (χ4n) is 1.72. The summed E-state index contributed by atoms with van der Waals surface area (Å²) in [7, 11) is 0. The van der Waals surface area contributed by atoms with Gasteiger partial charge in [-0.1, -0.05) is 39.0 Å². The second-order valence-electron chi connectivity index (χ2n) is 5.95. The maximum Gasteiger partial charge on any atom is 0.407 e. The van der Waals surface area contributed by atoms with Gasteiger partial charge in [-0.15, -0.1) is 0 Å². The molecule has 0 aromatic carbocycles. The summed E-state index contributed by atoms with van der Waals surface area (Å²) in [6.07, 6.45) is 7.53. The molecule has 19 heavy (non-hydrogen) atoms. The Balaban J connectivity index is 3.21. The first-order valence-corrected chi connectivity index (χ1v) is 7.63. The van der Waals surface area contributed by atoms with Crippen LogP contribution in [0.5, 0.6) is 0 Å². The van der Waals surface area contributed by atoms with Gasteiger partial charge in [0.25, 0.3) is 0 Å². The van der Waals surface area contributed by atoms with E-state index in [4.69, 9.17) is 4.74 Å². The highest BCUT2D eigenvalue weighted by Crippen LogP contribution is 2.06. The highest BCUT2D eigenvalue weighted by atomic mass is 16.6. The molecule has 0 aliphatic rings. The summed E-state index contributed by atoms with van der Waals surface area (Å²) < 4.78 is 5.14. The summed E-state index contributed by atoms with van der Waals surface area (Å²) >= 11 is 0. The summed E-state index contributed by atoms with van der Waals surface area (Å²) in [5, 5.41) is 6.06. The lowest BCUT2D eigenvalue weighted by Gasteiger charge is -2.19. The molecule has 114 valence electrons. The highest BCUT2D eigenvalue weighted by Gasteiger charge is 2.15. The van der Waals surface area contributed by atoms with Crippen molar-refractivity contribution in [2.45, 2.75) is 71.8 Å². The first-order chi connectivity index (χ1) is 8.95. The first-order valence-electron chi connectivity index (χ1n) is 7.63. The molecule has 0 unspecified atom stereocenters. The third-order valence-electron chi connectivity index (χ3n) is 2.68. The van der Waals surface area contributed by atoms with Crippen molar-refractivity contribution in [2.75, 3.05) is 19.6 Å². The number of carbonyl (C=O) groups is 1. The zero-order valence-electron chi connectivity index (χ0n) is 13.2. The van der Waals surface area contributed by atoms with E-state index < -0.39 is 5.60 Å². The molecule has 0 radical (unpaired) electrons. The van der Waals surface area contributed by atoms with Gasteiger partial charge < -0.3 is 15.4 Å². The van der Waals surface area contributed by atoms with Crippen LogP contribution in [0.25, 0.3) is 0 Å². The number of nitrogens with one attached hydrogen (secondary N) is 2. The molecular formula is C15H32N2O2. The van der Waals surface area contributed by atoms with Gasteiger partial charge >= 0.3 is 6.09 Å². The Kier molecular flexibility index (Phi) is 10.6. The Morgan fingerprint density at radius 1 is 0.947 bits per heavy atom. The molecule has 0 rings (SSSR count). The van der Waals surface area contributed by atoms with E-state index in [1.165, 1.54) is 38.5 Å². The molecule has 0 aliphatic carbocycles. The molecule has 0 atom stereocenters. The average molecular weight is 272 g/mol. The number of unbranched alkanes of at least 4 members (excludes halogenated alkanes) is 5. The number of ether oxygens (including phenoxy) is 1. The van der Waals surface area contributed by atoms with Gasteiger partial charge in [-0.25, -0.2) is 4.79 Å². The van der Waals surface area contributed by atoms with Gasteiger partial charge in [0.05, 0.1) is 0 Å². The van der Waals surface area contributed by atoms with Crippen LogP contribution in [0.1, 0.15) is 66.2 Å². The van der Waals surface area contributed by atoms with Crippen LogP contribution in [-0.4, -0.2) is 31.3 Å². The number of carbonyl (C=O) groups excluding carboxylic acids is 1. The van der Waals surface area contributed by atoms with Crippen LogP contribution < -0.4 is 10.6 Å². The molecule has 0 bridgehead atoms. The Morgan fingerprint density at radius 2 is 1.58 bits per heavy atom. The molecule has 0 aliphatic heterocycles. The van der Waals surface area contributed by atoms with E-state index in [0.717, 1.165) is 13.1 Å². The molecule has 0 saturated heterocycles. The number of hydrogen-bond donors (Lipinski definition) is 2. The van der Waals surface area contributed by atoms with Gasteiger partial charge in [0.15, 0.2) is 0 Å². The summed E-state index contributed by atoms with van der Waals surface area (Å²) in [4.78, 5) is 11.3. The van der Waals surface area contributed by atoms with Crippen molar-refractivity contribution >= 4 is 6.09 Å². The molecule has 2 N–H and O–H groups in total. The maximum atomic E-state index is 11.3. The summed E-state index contributed by atoms with van der Waals surface area (Å²) in [6, 6.07) is 0. The van der Waals surface area contributed by atoms with E-state index in [1.807, 2.05) is 20.8 Å². The first kappa shape index (κ1) is 18.2. The molecule has 1 amide bonds. The molecule has 4 heteroatoms. The van der Waals surface area contributed by atoms with Crippen LogP contribution in [0.15, 0.2) is 0 Å². The molecule has 0 aromatic rings. The lowest BCUT2D eigenvalue weighted by Crippen LogP contribution is -2.36. The van der Waals surface area contributed by atoms with E-state index in [0.29, 0.717) is 6.54 Å². The number of amides is 1. The van der Waals surface area contributed by atoms with Crippen molar-refractivity contribution in [1.82, 2.24) is 10.6 Å². The highest BCUT2D eigenvalue weighted by molar-refractivity contribution is 5.67. The van der Waals surface area contributed by atoms with Gasteiger partial charge in [-0.05, 0) is 33.7 Å². The summed E-state index contributed by atoms with van der Waals surface area (Å²) in [5.74, 6) is 0. The number of hydrogen-bond acceptors (Lipinski definition) is 3. The van der Waals surface area contributed by atoms with E-state index in [-0.39, 0.29) is 6.09 Å². The largest absolute Gasteiger partial charge is 0.444 e. The fraction of sp³-hybridized carbons (Fsp3) is 0.933. The van der Waals surface area contributed by atoms with Gasteiger partial charge in [-0.3, -0.25) is 0 Å². The Morgan fingerprint density at radius 3 is 2.21 bits per heavy atom. The van der Waals surface area contributed by atoms with E-state index in [1.54, 1.807) is 0 Å². The van der Waals surface area contributed by atoms with Gasteiger partial charge in [0.1, 0.15) is 5.60 Å². The van der Waals surface area contributed by atoms with Crippen molar-refractivity contribution in [3.05, 3.63) is 0 Å². The van der Waals surface area contributed by atoms with Gasteiger partial charge in [-0.2, -0.15) is 0 Å². The molecular weight excluding hydrogens is 240 g/mol. The minimum absolute atomic E-state index is 0.339. The number of rotatable bonds is 10. The fourth-order valence-corrected chi connectivity index (χ4v) is 1.72. The molecule has 0 spiro atoms. The van der Waals surface area contributed by atoms with Crippen molar-refractivity contribution in [1.29, 1.82) is 0 Å². The monoisotopic (exact) mass is 272 g/mol. The van der Waals surface area contributed by atoms with Crippen LogP contribution in [0.2, 0.25) is 0 Å². The minimum Gasteiger partial charge on any atom is -0.444 e. The third-order valence-corrected chi connectivity index (χ3v) is 2.68. The van der Waals surface area contributed by atoms with Crippen LogP contribution in [0, 0.1) is 0 Å². The zero-order chi connectivity index (χ0) is 14.6. The van der Waals surface area contributed by atoms with Crippen molar-refractivity contribution in [3.8, 4) is 0 Å². The standard InChI is InChI=1S/C15H32N2O2/c1-5-6-7-8-9-10-11-16-12-13-17-14(18)19-15(2,3)4/h16H,5-13H2,1-4H3,(H,17,18). The second kappa shape index (κ2) is 11.1. The Labute approximate surface area is 118 Å². The number of alkyl carbamates (subject to hydrolysis) is 1. The Bertz CT molecular complexity index is 225.